The minimum atomic E-state index is -0.279. The molecule has 4 aromatic rings. The van der Waals surface area contributed by atoms with Gasteiger partial charge in [0.25, 0.3) is 0 Å². The highest BCUT2D eigenvalue weighted by Gasteiger charge is 2.42. The molecule has 0 saturated carbocycles. The van der Waals surface area contributed by atoms with E-state index in [0.29, 0.717) is 11.7 Å². The number of nitrogens with zero attached hydrogens (tertiary/aromatic N) is 4. The van der Waals surface area contributed by atoms with Gasteiger partial charge in [-0.25, -0.2) is 4.39 Å². The van der Waals surface area contributed by atoms with Crippen LogP contribution in [0.25, 0.3) is 0 Å². The fourth-order valence-electron chi connectivity index (χ4n) is 4.04. The number of hydrogen-bond donors (Lipinski definition) is 1. The highest BCUT2D eigenvalue weighted by molar-refractivity contribution is 7.80. The van der Waals surface area contributed by atoms with Crippen LogP contribution in [-0.2, 0) is 6.54 Å². The second-order valence-corrected chi connectivity index (χ2v) is 7.74. The quantitative estimate of drug-likeness (QED) is 0.468. The fraction of sp³-hybridized carbons (Fsp3) is 0.125. The van der Waals surface area contributed by atoms with E-state index in [1.165, 1.54) is 12.1 Å². The lowest BCUT2D eigenvalue weighted by molar-refractivity contribution is 0.532. The average molecular weight is 430 g/mol. The molecule has 5 rings (SSSR count). The first-order valence-electron chi connectivity index (χ1n) is 10.0. The van der Waals surface area contributed by atoms with Crippen molar-refractivity contribution in [3.05, 3.63) is 114 Å². The zero-order valence-corrected chi connectivity index (χ0v) is 17.4. The van der Waals surface area contributed by atoms with E-state index >= 15 is 0 Å². The van der Waals surface area contributed by atoms with Crippen molar-refractivity contribution in [2.75, 3.05) is 4.90 Å². The Labute approximate surface area is 185 Å². The molecule has 0 radical (unpaired) electrons. The van der Waals surface area contributed by atoms with Crippen molar-refractivity contribution < 1.29 is 4.39 Å². The molecule has 0 spiro atoms. The van der Waals surface area contributed by atoms with Crippen molar-refractivity contribution in [3.8, 4) is 0 Å². The van der Waals surface area contributed by atoms with E-state index in [2.05, 4.69) is 25.9 Å². The van der Waals surface area contributed by atoms with Crippen molar-refractivity contribution in [1.29, 1.82) is 0 Å². The molecule has 5 nitrogen and oxygen atoms in total. The van der Waals surface area contributed by atoms with Crippen LogP contribution in [0.1, 0.15) is 29.2 Å². The monoisotopic (exact) mass is 429 g/mol. The molecule has 1 saturated heterocycles. The van der Waals surface area contributed by atoms with Gasteiger partial charge in [-0.15, -0.1) is 0 Å². The number of hydrogen-bond acceptors (Lipinski definition) is 3. The van der Waals surface area contributed by atoms with E-state index in [0.717, 1.165) is 22.8 Å². The van der Waals surface area contributed by atoms with Crippen LogP contribution < -0.4 is 10.2 Å². The smallest absolute Gasteiger partial charge is 0.174 e. The standard InChI is InChI=1S/C24H20FN5S/c25-17-9-11-19(12-10-17)30-23(22(28-24(30)31)20-7-2-4-14-27-20)21-8-5-15-29(21)16-18-6-1-3-13-26-18/h1-15,22-23H,16H2,(H,28,31)/t22-,23-/m0/s1. The molecule has 0 aliphatic carbocycles. The lowest BCUT2D eigenvalue weighted by atomic mass is 10.0. The van der Waals surface area contributed by atoms with Gasteiger partial charge in [0.2, 0.25) is 0 Å². The average Bonchev–Trinajstić information content (AvgIpc) is 3.39. The maximum atomic E-state index is 13.6. The molecule has 2 atom stereocenters. The number of rotatable bonds is 5. The number of aromatic nitrogens is 3. The molecule has 0 unspecified atom stereocenters. The molecule has 1 N–H and O–H groups in total. The second kappa shape index (κ2) is 8.28. The van der Waals surface area contributed by atoms with E-state index in [1.54, 1.807) is 24.5 Å². The predicted molar refractivity (Wildman–Crippen MR) is 122 cm³/mol. The van der Waals surface area contributed by atoms with Gasteiger partial charge in [0, 0.05) is 30.0 Å². The van der Waals surface area contributed by atoms with Gasteiger partial charge in [-0.05, 0) is 72.9 Å². The number of anilines is 1. The van der Waals surface area contributed by atoms with Crippen LogP contribution in [-0.4, -0.2) is 19.6 Å². The predicted octanol–water partition coefficient (Wildman–Crippen LogP) is 4.64. The second-order valence-electron chi connectivity index (χ2n) is 7.36. The highest BCUT2D eigenvalue weighted by atomic mass is 32.1. The van der Waals surface area contributed by atoms with Gasteiger partial charge >= 0.3 is 0 Å². The lowest BCUT2D eigenvalue weighted by Gasteiger charge is -2.29. The lowest BCUT2D eigenvalue weighted by Crippen LogP contribution is -2.30. The van der Waals surface area contributed by atoms with Gasteiger partial charge in [0.15, 0.2) is 5.11 Å². The molecule has 1 fully saturated rings. The molecular weight excluding hydrogens is 409 g/mol. The van der Waals surface area contributed by atoms with Crippen molar-refractivity contribution in [2.45, 2.75) is 18.6 Å². The van der Waals surface area contributed by atoms with Crippen molar-refractivity contribution in [2.24, 2.45) is 0 Å². The Hall–Kier alpha value is -3.58. The van der Waals surface area contributed by atoms with Crippen molar-refractivity contribution >= 4 is 23.0 Å². The number of benzene rings is 1. The Balaban J connectivity index is 1.60. The van der Waals surface area contributed by atoms with Gasteiger partial charge in [0.1, 0.15) is 11.9 Å². The molecule has 7 heteroatoms. The first-order chi connectivity index (χ1) is 15.2. The first-order valence-corrected chi connectivity index (χ1v) is 10.4. The molecule has 1 aliphatic heterocycles. The fourth-order valence-corrected chi connectivity index (χ4v) is 4.39. The Bertz CT molecular complexity index is 1180. The molecule has 31 heavy (non-hydrogen) atoms. The van der Waals surface area contributed by atoms with Crippen LogP contribution >= 0.6 is 12.2 Å². The van der Waals surface area contributed by atoms with E-state index in [1.807, 2.05) is 53.6 Å². The normalized spacial score (nSPS) is 18.2. The summed E-state index contributed by atoms with van der Waals surface area (Å²) in [6.07, 6.45) is 5.63. The summed E-state index contributed by atoms with van der Waals surface area (Å²) in [5.74, 6) is -0.279. The summed E-state index contributed by atoms with van der Waals surface area (Å²) in [6, 6.07) is 22.0. The van der Waals surface area contributed by atoms with Gasteiger partial charge in [-0.3, -0.25) is 9.97 Å². The van der Waals surface area contributed by atoms with E-state index in [-0.39, 0.29) is 17.9 Å². The summed E-state index contributed by atoms with van der Waals surface area (Å²) in [4.78, 5) is 11.1. The molecule has 1 aromatic carbocycles. The maximum Gasteiger partial charge on any atom is 0.174 e. The topological polar surface area (TPSA) is 46.0 Å². The summed E-state index contributed by atoms with van der Waals surface area (Å²) in [5.41, 5.74) is 3.76. The van der Waals surface area contributed by atoms with Crippen LogP contribution in [0.5, 0.6) is 0 Å². The van der Waals surface area contributed by atoms with Crippen LogP contribution in [0, 0.1) is 5.82 Å². The zero-order valence-electron chi connectivity index (χ0n) is 16.6. The third kappa shape index (κ3) is 3.80. The number of thiocarbonyl (C=S) groups is 1. The first kappa shape index (κ1) is 19.4. The zero-order chi connectivity index (χ0) is 21.2. The Morgan fingerprint density at radius 3 is 2.39 bits per heavy atom. The molecule has 154 valence electrons. The molecule has 3 aromatic heterocycles. The van der Waals surface area contributed by atoms with Gasteiger partial charge < -0.3 is 14.8 Å². The summed E-state index contributed by atoms with van der Waals surface area (Å²) < 4.78 is 15.8. The third-order valence-electron chi connectivity index (χ3n) is 5.43. The third-order valence-corrected chi connectivity index (χ3v) is 5.74. The SMILES string of the molecule is Fc1ccc(N2C(=S)N[C@@H](c3ccccn3)[C@@H]2c2cccn2Cc2ccccn2)cc1. The molecule has 0 amide bonds. The van der Waals surface area contributed by atoms with E-state index < -0.39 is 0 Å². The maximum absolute atomic E-state index is 13.6. The van der Waals surface area contributed by atoms with Crippen LogP contribution in [0.2, 0.25) is 0 Å². The van der Waals surface area contributed by atoms with E-state index in [9.17, 15) is 4.39 Å². The summed E-state index contributed by atoms with van der Waals surface area (Å²) in [6.45, 7) is 0.638. The molecule has 0 bridgehead atoms. The van der Waals surface area contributed by atoms with Crippen LogP contribution in [0.15, 0.2) is 91.4 Å². The summed E-state index contributed by atoms with van der Waals surface area (Å²) >= 11 is 5.73. The van der Waals surface area contributed by atoms with Gasteiger partial charge in [-0.1, -0.05) is 12.1 Å². The summed E-state index contributed by atoms with van der Waals surface area (Å²) in [5, 5.41) is 4.02. The Kier molecular flexibility index (Phi) is 5.18. The molecule has 1 aliphatic rings. The number of pyridine rings is 2. The Morgan fingerprint density at radius 1 is 0.903 bits per heavy atom. The van der Waals surface area contributed by atoms with Crippen molar-refractivity contribution in [1.82, 2.24) is 19.9 Å². The largest absolute Gasteiger partial charge is 0.351 e. The summed E-state index contributed by atoms with van der Waals surface area (Å²) in [7, 11) is 0. The number of nitrogens with one attached hydrogen (secondary N) is 1. The van der Waals surface area contributed by atoms with Crippen molar-refractivity contribution in [3.63, 3.8) is 0 Å². The van der Waals surface area contributed by atoms with Crippen LogP contribution in [0.4, 0.5) is 10.1 Å². The molecular formula is C24H20FN5S. The van der Waals surface area contributed by atoms with Gasteiger partial charge in [0.05, 0.1) is 24.0 Å². The highest BCUT2D eigenvalue weighted by Crippen LogP contribution is 2.41. The molecule has 4 heterocycles. The van der Waals surface area contributed by atoms with Crippen LogP contribution in [0.3, 0.4) is 0 Å². The minimum absolute atomic E-state index is 0.156. The van der Waals surface area contributed by atoms with E-state index in [4.69, 9.17) is 12.2 Å². The van der Waals surface area contributed by atoms with Gasteiger partial charge in [-0.2, -0.15) is 0 Å². The Morgan fingerprint density at radius 2 is 1.68 bits per heavy atom. The number of halogens is 1. The minimum Gasteiger partial charge on any atom is -0.351 e.